The fourth-order valence-corrected chi connectivity index (χ4v) is 3.44. The predicted molar refractivity (Wildman–Crippen MR) is 102 cm³/mol. The smallest absolute Gasteiger partial charge is 0.325 e. The number of ether oxygens (including phenoxy) is 1. The van der Waals surface area contributed by atoms with E-state index in [0.29, 0.717) is 6.61 Å². The first-order valence-corrected chi connectivity index (χ1v) is 8.96. The summed E-state index contributed by atoms with van der Waals surface area (Å²) in [6.07, 6.45) is 2.10. The number of anilines is 2. The summed E-state index contributed by atoms with van der Waals surface area (Å²) < 4.78 is 5.03. The molecule has 1 N–H and O–H groups in total. The van der Waals surface area contributed by atoms with Gasteiger partial charge in [0.2, 0.25) is 0 Å². The zero-order chi connectivity index (χ0) is 17.8. The molecule has 0 spiro atoms. The maximum atomic E-state index is 11.7. The Hall–Kier alpha value is -2.20. The number of nitrogens with one attached hydrogen (secondary N) is 1. The van der Waals surface area contributed by atoms with Gasteiger partial charge in [-0.3, -0.25) is 4.79 Å². The molecular formula is C20H23ClN2O2. The molecule has 1 aliphatic carbocycles. The summed E-state index contributed by atoms with van der Waals surface area (Å²) in [5.74, 6) is -0.209. The van der Waals surface area contributed by atoms with Crippen molar-refractivity contribution < 1.29 is 9.53 Å². The molecule has 0 amide bonds. The number of benzene rings is 2. The molecule has 2 aromatic rings. The molecule has 0 aromatic heterocycles. The van der Waals surface area contributed by atoms with E-state index < -0.39 is 0 Å². The number of esters is 1. The van der Waals surface area contributed by atoms with Crippen LogP contribution in [-0.2, 0) is 16.0 Å². The molecule has 0 fully saturated rings. The van der Waals surface area contributed by atoms with Gasteiger partial charge in [0.1, 0.15) is 6.54 Å². The molecule has 1 aliphatic rings. The van der Waals surface area contributed by atoms with Gasteiger partial charge in [0, 0.05) is 23.4 Å². The third kappa shape index (κ3) is 4.26. The number of carbonyl (C=O) groups is 1. The summed E-state index contributed by atoms with van der Waals surface area (Å²) in [4.78, 5) is 13.6. The number of likely N-dealkylation sites (N-methyl/N-ethyl adjacent to an activating group) is 1. The van der Waals surface area contributed by atoms with E-state index in [-0.39, 0.29) is 18.6 Å². The van der Waals surface area contributed by atoms with Gasteiger partial charge in [0.15, 0.2) is 0 Å². The van der Waals surface area contributed by atoms with E-state index in [1.807, 2.05) is 43.1 Å². The fraction of sp³-hybridized carbons (Fsp3) is 0.350. The van der Waals surface area contributed by atoms with Crippen LogP contribution >= 0.6 is 11.6 Å². The molecule has 25 heavy (non-hydrogen) atoms. The number of rotatable bonds is 6. The van der Waals surface area contributed by atoms with Gasteiger partial charge in [-0.2, -0.15) is 0 Å². The molecule has 0 heterocycles. The van der Waals surface area contributed by atoms with E-state index in [2.05, 4.69) is 23.5 Å². The Bertz CT molecular complexity index is 763. The zero-order valence-corrected chi connectivity index (χ0v) is 15.3. The van der Waals surface area contributed by atoms with E-state index in [1.54, 1.807) is 0 Å². The molecule has 3 rings (SSSR count). The average molecular weight is 359 g/mol. The van der Waals surface area contributed by atoms with Crippen molar-refractivity contribution in [3.8, 4) is 0 Å². The summed E-state index contributed by atoms with van der Waals surface area (Å²) >= 11 is 6.08. The summed E-state index contributed by atoms with van der Waals surface area (Å²) in [6, 6.07) is 14.4. The van der Waals surface area contributed by atoms with Crippen molar-refractivity contribution in [3.05, 3.63) is 58.6 Å². The molecule has 2 aromatic carbocycles. The van der Waals surface area contributed by atoms with Gasteiger partial charge in [0.05, 0.1) is 12.6 Å². The molecule has 132 valence electrons. The van der Waals surface area contributed by atoms with Crippen molar-refractivity contribution in [1.82, 2.24) is 0 Å². The molecule has 0 aliphatic heterocycles. The predicted octanol–water partition coefficient (Wildman–Crippen LogP) is 4.44. The first-order valence-electron chi connectivity index (χ1n) is 8.58. The number of hydrogen-bond donors (Lipinski definition) is 1. The largest absolute Gasteiger partial charge is 0.465 e. The van der Waals surface area contributed by atoms with Gasteiger partial charge in [-0.1, -0.05) is 23.7 Å². The normalized spacial score (nSPS) is 15.6. The highest BCUT2D eigenvalue weighted by Crippen LogP contribution is 2.36. The maximum Gasteiger partial charge on any atom is 0.325 e. The van der Waals surface area contributed by atoms with Crippen LogP contribution in [0.15, 0.2) is 42.5 Å². The number of carbonyl (C=O) groups excluding carboxylic acids is 1. The highest BCUT2D eigenvalue weighted by molar-refractivity contribution is 6.30. The highest BCUT2D eigenvalue weighted by Gasteiger charge is 2.23. The molecule has 4 nitrogen and oxygen atoms in total. The maximum absolute atomic E-state index is 11.7. The van der Waals surface area contributed by atoms with Crippen molar-refractivity contribution in [2.45, 2.75) is 25.8 Å². The second-order valence-electron chi connectivity index (χ2n) is 6.29. The van der Waals surface area contributed by atoms with E-state index in [9.17, 15) is 4.79 Å². The summed E-state index contributed by atoms with van der Waals surface area (Å²) in [5.41, 5.74) is 4.68. The number of fused-ring (bicyclic) bond motifs is 1. The molecule has 1 unspecified atom stereocenters. The van der Waals surface area contributed by atoms with Gasteiger partial charge < -0.3 is 15.0 Å². The third-order valence-electron chi connectivity index (χ3n) is 4.49. The molecular weight excluding hydrogens is 336 g/mol. The van der Waals surface area contributed by atoms with Crippen LogP contribution in [0.25, 0.3) is 0 Å². The Labute approximate surface area is 153 Å². The summed E-state index contributed by atoms with van der Waals surface area (Å²) in [5, 5.41) is 4.30. The van der Waals surface area contributed by atoms with Crippen LogP contribution in [0.5, 0.6) is 0 Å². The number of nitrogens with zero attached hydrogens (tertiary/aromatic N) is 1. The van der Waals surface area contributed by atoms with E-state index in [1.165, 1.54) is 11.1 Å². The SMILES string of the molecule is CCOC(=O)CN(C)c1ccc2c(c1)C(Nc1cccc(Cl)c1)CC2. The van der Waals surface area contributed by atoms with Gasteiger partial charge in [-0.15, -0.1) is 0 Å². The molecule has 0 bridgehead atoms. The number of hydrogen-bond acceptors (Lipinski definition) is 4. The molecule has 0 saturated heterocycles. The molecule has 0 saturated carbocycles. The monoisotopic (exact) mass is 358 g/mol. The van der Waals surface area contributed by atoms with Crippen LogP contribution in [0.3, 0.4) is 0 Å². The Morgan fingerprint density at radius 3 is 2.92 bits per heavy atom. The first kappa shape index (κ1) is 17.6. The van der Waals surface area contributed by atoms with Crippen LogP contribution in [0.1, 0.15) is 30.5 Å². The van der Waals surface area contributed by atoms with Crippen LogP contribution in [0.2, 0.25) is 5.02 Å². The molecule has 5 heteroatoms. The number of aryl methyl sites for hydroxylation is 1. The Morgan fingerprint density at radius 1 is 1.32 bits per heavy atom. The van der Waals surface area contributed by atoms with Crippen LogP contribution in [0, 0.1) is 0 Å². The average Bonchev–Trinajstić information content (AvgIpc) is 2.97. The number of halogens is 1. The van der Waals surface area contributed by atoms with Gasteiger partial charge in [0.25, 0.3) is 0 Å². The van der Waals surface area contributed by atoms with Crippen molar-refractivity contribution in [3.63, 3.8) is 0 Å². The standard InChI is InChI=1S/C20H23ClN2O2/c1-3-25-20(24)13-23(2)17-9-7-14-8-10-19(18(14)12-17)22-16-6-4-5-15(21)11-16/h4-7,9,11-12,19,22H,3,8,10,13H2,1-2H3. The van der Waals surface area contributed by atoms with Crippen molar-refractivity contribution in [1.29, 1.82) is 0 Å². The summed E-state index contributed by atoms with van der Waals surface area (Å²) in [7, 11) is 1.91. The minimum Gasteiger partial charge on any atom is -0.465 e. The van der Waals surface area contributed by atoms with Crippen molar-refractivity contribution in [2.75, 3.05) is 30.4 Å². The topological polar surface area (TPSA) is 41.6 Å². The van der Waals surface area contributed by atoms with Crippen LogP contribution in [-0.4, -0.2) is 26.2 Å². The Kier molecular flexibility index (Phi) is 5.49. The lowest BCUT2D eigenvalue weighted by Crippen LogP contribution is -2.27. The quantitative estimate of drug-likeness (QED) is 0.775. The minimum absolute atomic E-state index is 0.209. The molecule has 0 radical (unpaired) electrons. The lowest BCUT2D eigenvalue weighted by molar-refractivity contribution is -0.141. The lowest BCUT2D eigenvalue weighted by atomic mass is 10.1. The van der Waals surface area contributed by atoms with Gasteiger partial charge in [-0.25, -0.2) is 0 Å². The van der Waals surface area contributed by atoms with Crippen LogP contribution in [0.4, 0.5) is 11.4 Å². The highest BCUT2D eigenvalue weighted by atomic mass is 35.5. The van der Waals surface area contributed by atoms with Crippen molar-refractivity contribution in [2.24, 2.45) is 0 Å². The Morgan fingerprint density at radius 2 is 2.16 bits per heavy atom. The van der Waals surface area contributed by atoms with Crippen molar-refractivity contribution >= 4 is 28.9 Å². The second kappa shape index (κ2) is 7.79. The zero-order valence-electron chi connectivity index (χ0n) is 14.6. The molecule has 1 atom stereocenters. The van der Waals surface area contributed by atoms with Gasteiger partial charge in [-0.05, 0) is 61.2 Å². The first-order chi connectivity index (χ1) is 12.1. The van der Waals surface area contributed by atoms with Crippen LogP contribution < -0.4 is 10.2 Å². The van der Waals surface area contributed by atoms with Gasteiger partial charge >= 0.3 is 5.97 Å². The van der Waals surface area contributed by atoms with E-state index >= 15 is 0 Å². The fourth-order valence-electron chi connectivity index (χ4n) is 3.25. The second-order valence-corrected chi connectivity index (χ2v) is 6.73. The van der Waals surface area contributed by atoms with E-state index in [0.717, 1.165) is 29.2 Å². The minimum atomic E-state index is -0.209. The van der Waals surface area contributed by atoms with E-state index in [4.69, 9.17) is 16.3 Å². The summed E-state index contributed by atoms with van der Waals surface area (Å²) in [6.45, 7) is 2.47. The lowest BCUT2D eigenvalue weighted by Gasteiger charge is -2.21. The Balaban J connectivity index is 1.75. The third-order valence-corrected chi connectivity index (χ3v) is 4.72.